The average Bonchev–Trinajstić information content (AvgIpc) is 2.63. The third-order valence-corrected chi connectivity index (χ3v) is 6.87. The molecule has 1 aliphatic carbocycles. The summed E-state index contributed by atoms with van der Waals surface area (Å²) in [5, 5.41) is 2.96. The molecule has 1 amide bonds. The molecule has 0 aromatic heterocycles. The van der Waals surface area contributed by atoms with Gasteiger partial charge in [0.05, 0.1) is 15.5 Å². The maximum atomic E-state index is 12.2. The molecule has 2 N–H and O–H groups in total. The van der Waals surface area contributed by atoms with Crippen molar-refractivity contribution in [2.75, 3.05) is 13.7 Å². The Balaban J connectivity index is 1.99. The van der Waals surface area contributed by atoms with Crippen LogP contribution >= 0.6 is 11.6 Å². The molecule has 0 saturated heterocycles. The van der Waals surface area contributed by atoms with Crippen LogP contribution in [0.4, 0.5) is 0 Å². The Morgan fingerprint density at radius 2 is 1.96 bits per heavy atom. The number of halogens is 1. The van der Waals surface area contributed by atoms with E-state index in [9.17, 15) is 18.0 Å². The Morgan fingerprint density at radius 3 is 2.63 bits per heavy atom. The first-order chi connectivity index (χ1) is 12.7. The molecule has 1 aromatic rings. The molecule has 0 unspecified atom stereocenters. The van der Waals surface area contributed by atoms with Crippen molar-refractivity contribution in [2.45, 2.75) is 44.0 Å². The Labute approximate surface area is 164 Å². The van der Waals surface area contributed by atoms with Gasteiger partial charge in [0, 0.05) is 6.04 Å². The Morgan fingerprint density at radius 1 is 1.26 bits per heavy atom. The van der Waals surface area contributed by atoms with Gasteiger partial charge in [-0.15, -0.1) is 0 Å². The SMILES string of the molecule is CNS(=O)(=O)c1ccc(Cl)c(C(=O)OCC(=O)N[C@@H]2CCC[C@@H](C)[C@H]2C)c1. The van der Waals surface area contributed by atoms with E-state index in [1.165, 1.54) is 19.2 Å². The van der Waals surface area contributed by atoms with Crippen LogP contribution in [-0.2, 0) is 19.6 Å². The number of hydrogen-bond acceptors (Lipinski definition) is 5. The fourth-order valence-electron chi connectivity index (χ4n) is 3.19. The maximum Gasteiger partial charge on any atom is 0.340 e. The number of rotatable bonds is 6. The zero-order valence-electron chi connectivity index (χ0n) is 15.6. The number of carbonyl (C=O) groups excluding carboxylic acids is 2. The summed E-state index contributed by atoms with van der Waals surface area (Å²) in [6, 6.07) is 3.77. The largest absolute Gasteiger partial charge is 0.452 e. The summed E-state index contributed by atoms with van der Waals surface area (Å²) in [5.41, 5.74) is -0.111. The highest BCUT2D eigenvalue weighted by Crippen LogP contribution is 2.29. The van der Waals surface area contributed by atoms with Gasteiger partial charge in [0.25, 0.3) is 5.91 Å². The van der Waals surface area contributed by atoms with E-state index in [2.05, 4.69) is 23.9 Å². The lowest BCUT2D eigenvalue weighted by Gasteiger charge is -2.34. The highest BCUT2D eigenvalue weighted by molar-refractivity contribution is 7.89. The van der Waals surface area contributed by atoms with Crippen molar-refractivity contribution in [1.29, 1.82) is 0 Å². The van der Waals surface area contributed by atoms with Crippen molar-refractivity contribution >= 4 is 33.5 Å². The average molecular weight is 417 g/mol. The van der Waals surface area contributed by atoms with Crippen LogP contribution in [0.25, 0.3) is 0 Å². The summed E-state index contributed by atoms with van der Waals surface area (Å²) in [5.74, 6) is -0.351. The van der Waals surface area contributed by atoms with E-state index in [1.54, 1.807) is 0 Å². The number of benzene rings is 1. The van der Waals surface area contributed by atoms with E-state index >= 15 is 0 Å². The molecule has 1 saturated carbocycles. The van der Waals surface area contributed by atoms with Gasteiger partial charge in [-0.25, -0.2) is 17.9 Å². The van der Waals surface area contributed by atoms with Gasteiger partial charge in [0.15, 0.2) is 6.61 Å². The predicted molar refractivity (Wildman–Crippen MR) is 102 cm³/mol. The lowest BCUT2D eigenvalue weighted by molar-refractivity contribution is -0.125. The van der Waals surface area contributed by atoms with Crippen LogP contribution in [0.5, 0.6) is 0 Å². The fourth-order valence-corrected chi connectivity index (χ4v) is 4.14. The van der Waals surface area contributed by atoms with Gasteiger partial charge in [-0.1, -0.05) is 38.3 Å². The molecule has 0 spiro atoms. The lowest BCUT2D eigenvalue weighted by Crippen LogP contribution is -2.45. The minimum absolute atomic E-state index is 0.0465. The molecule has 1 aliphatic rings. The van der Waals surface area contributed by atoms with E-state index in [0.717, 1.165) is 25.3 Å². The molecule has 1 fully saturated rings. The molecule has 0 bridgehead atoms. The first-order valence-electron chi connectivity index (χ1n) is 8.85. The Hall–Kier alpha value is -1.64. The number of hydrogen-bond donors (Lipinski definition) is 2. The summed E-state index contributed by atoms with van der Waals surface area (Å²) >= 11 is 5.97. The molecule has 3 atom stereocenters. The van der Waals surface area contributed by atoms with Gasteiger partial charge in [-0.05, 0) is 43.5 Å². The molecule has 7 nitrogen and oxygen atoms in total. The monoisotopic (exact) mass is 416 g/mol. The Kier molecular flexibility index (Phi) is 7.25. The van der Waals surface area contributed by atoms with Crippen LogP contribution in [0.15, 0.2) is 23.1 Å². The zero-order valence-corrected chi connectivity index (χ0v) is 17.2. The molecule has 150 valence electrons. The number of esters is 1. The molecular weight excluding hydrogens is 392 g/mol. The first kappa shape index (κ1) is 21.7. The van der Waals surface area contributed by atoms with E-state index in [1.807, 2.05) is 0 Å². The number of amides is 1. The van der Waals surface area contributed by atoms with Gasteiger partial charge in [-0.3, -0.25) is 4.79 Å². The van der Waals surface area contributed by atoms with Crippen molar-refractivity contribution in [1.82, 2.24) is 10.0 Å². The quantitative estimate of drug-likeness (QED) is 0.693. The molecule has 0 radical (unpaired) electrons. The Bertz CT molecular complexity index is 812. The van der Waals surface area contributed by atoms with Crippen LogP contribution in [-0.4, -0.2) is 40.0 Å². The second-order valence-electron chi connectivity index (χ2n) is 6.87. The standard InChI is InChI=1S/C18H25ClN2O5S/c1-11-5-4-6-16(12(11)2)21-17(22)10-26-18(23)14-9-13(7-8-15(14)19)27(24,25)20-3/h7-9,11-12,16,20H,4-6,10H2,1-3H3,(H,21,22)/t11-,12-,16-/m1/s1. The normalized spacial score (nSPS) is 22.9. The number of ether oxygens (including phenoxy) is 1. The lowest BCUT2D eigenvalue weighted by atomic mass is 9.78. The summed E-state index contributed by atoms with van der Waals surface area (Å²) < 4.78 is 30.9. The van der Waals surface area contributed by atoms with E-state index in [-0.39, 0.29) is 27.4 Å². The van der Waals surface area contributed by atoms with Crippen molar-refractivity contribution < 1.29 is 22.7 Å². The molecule has 9 heteroatoms. The highest BCUT2D eigenvalue weighted by Gasteiger charge is 2.28. The van der Waals surface area contributed by atoms with E-state index in [0.29, 0.717) is 11.8 Å². The van der Waals surface area contributed by atoms with Gasteiger partial charge < -0.3 is 10.1 Å². The summed E-state index contributed by atoms with van der Waals surface area (Å²) in [7, 11) is -2.47. The number of nitrogens with one attached hydrogen (secondary N) is 2. The zero-order chi connectivity index (χ0) is 20.2. The van der Waals surface area contributed by atoms with Crippen molar-refractivity contribution in [2.24, 2.45) is 11.8 Å². The van der Waals surface area contributed by atoms with Crippen LogP contribution in [0.3, 0.4) is 0 Å². The van der Waals surface area contributed by atoms with Gasteiger partial charge in [0.2, 0.25) is 10.0 Å². The van der Waals surface area contributed by atoms with Crippen LogP contribution in [0, 0.1) is 11.8 Å². The van der Waals surface area contributed by atoms with Crippen LogP contribution in [0.1, 0.15) is 43.5 Å². The molecular formula is C18H25ClN2O5S. The smallest absolute Gasteiger partial charge is 0.340 e. The first-order valence-corrected chi connectivity index (χ1v) is 10.7. The van der Waals surface area contributed by atoms with Gasteiger partial charge in [0.1, 0.15) is 0 Å². The minimum Gasteiger partial charge on any atom is -0.452 e. The highest BCUT2D eigenvalue weighted by atomic mass is 35.5. The van der Waals surface area contributed by atoms with Gasteiger partial charge in [-0.2, -0.15) is 0 Å². The molecule has 1 aromatic carbocycles. The van der Waals surface area contributed by atoms with E-state index < -0.39 is 22.6 Å². The second kappa shape index (κ2) is 9.03. The third-order valence-electron chi connectivity index (χ3n) is 5.12. The molecule has 27 heavy (non-hydrogen) atoms. The maximum absolute atomic E-state index is 12.2. The molecule has 0 heterocycles. The topological polar surface area (TPSA) is 102 Å². The van der Waals surface area contributed by atoms with Gasteiger partial charge >= 0.3 is 5.97 Å². The number of sulfonamides is 1. The predicted octanol–water partition coefficient (Wildman–Crippen LogP) is 2.35. The fraction of sp³-hybridized carbons (Fsp3) is 0.556. The van der Waals surface area contributed by atoms with Crippen LogP contribution in [0.2, 0.25) is 5.02 Å². The van der Waals surface area contributed by atoms with E-state index in [4.69, 9.17) is 16.3 Å². The van der Waals surface area contributed by atoms with Crippen LogP contribution < -0.4 is 10.0 Å². The second-order valence-corrected chi connectivity index (χ2v) is 9.16. The molecule has 2 rings (SSSR count). The summed E-state index contributed by atoms with van der Waals surface area (Å²) in [6.07, 6.45) is 3.10. The third kappa shape index (κ3) is 5.43. The van der Waals surface area contributed by atoms with Crippen molar-refractivity contribution in [3.63, 3.8) is 0 Å². The number of carbonyl (C=O) groups is 2. The minimum atomic E-state index is -3.73. The van der Waals surface area contributed by atoms with Crippen molar-refractivity contribution in [3.05, 3.63) is 28.8 Å². The summed E-state index contributed by atoms with van der Waals surface area (Å²) in [4.78, 5) is 24.3. The summed E-state index contributed by atoms with van der Waals surface area (Å²) in [6.45, 7) is 3.82. The van der Waals surface area contributed by atoms with Crippen molar-refractivity contribution in [3.8, 4) is 0 Å². The molecule has 0 aliphatic heterocycles.